The fourth-order valence-corrected chi connectivity index (χ4v) is 5.29. The van der Waals surface area contributed by atoms with Crippen LogP contribution in [0.4, 0.5) is 13.2 Å². The summed E-state index contributed by atoms with van der Waals surface area (Å²) in [6.45, 7) is 17.7. The van der Waals surface area contributed by atoms with Gasteiger partial charge in [0.25, 0.3) is 0 Å². The summed E-state index contributed by atoms with van der Waals surface area (Å²) in [6, 6.07) is 15.1. The third-order valence-corrected chi connectivity index (χ3v) is 8.26. The van der Waals surface area contributed by atoms with Crippen molar-refractivity contribution in [3.63, 3.8) is 0 Å². The topological polar surface area (TPSA) is 162 Å². The molecule has 0 aliphatic carbocycles. The Balaban J connectivity index is 0.000000295. The van der Waals surface area contributed by atoms with Gasteiger partial charge in [-0.15, -0.1) is 13.2 Å². The number of aryl methyl sites for hydroxylation is 1. The van der Waals surface area contributed by atoms with E-state index in [1.165, 1.54) is 12.1 Å². The number of nitrogens with one attached hydrogen (secondary N) is 2. The van der Waals surface area contributed by atoms with Crippen molar-refractivity contribution in [3.8, 4) is 11.4 Å². The smallest absolute Gasteiger partial charge is 0.406 e. The van der Waals surface area contributed by atoms with Crippen LogP contribution in [0.5, 0.6) is 5.75 Å². The van der Waals surface area contributed by atoms with Gasteiger partial charge < -0.3 is 32.2 Å². The number of aromatic amines is 1. The summed E-state index contributed by atoms with van der Waals surface area (Å²) in [5.41, 5.74) is 21.1. The zero-order valence-electron chi connectivity index (χ0n) is 31.1. The monoisotopic (exact) mass is 712 g/mol. The lowest BCUT2D eigenvalue weighted by atomic mass is 9.85. The van der Waals surface area contributed by atoms with Crippen molar-refractivity contribution in [3.05, 3.63) is 87.6 Å². The van der Waals surface area contributed by atoms with Crippen molar-refractivity contribution < 1.29 is 17.9 Å². The van der Waals surface area contributed by atoms with Crippen molar-refractivity contribution in [2.24, 2.45) is 22.2 Å². The number of halogens is 3. The van der Waals surface area contributed by atoms with Crippen LogP contribution in [0, 0.1) is 0 Å². The molecule has 0 aliphatic rings. The maximum absolute atomic E-state index is 12.6. The van der Waals surface area contributed by atoms with Crippen LogP contribution >= 0.6 is 0 Å². The van der Waals surface area contributed by atoms with Crippen LogP contribution in [0.2, 0.25) is 0 Å². The highest BCUT2D eigenvalue weighted by Gasteiger charge is 2.32. The number of H-pyrrole nitrogens is 1. The Kier molecular flexibility index (Phi) is 13.9. The second kappa shape index (κ2) is 17.2. The van der Waals surface area contributed by atoms with Gasteiger partial charge in [0.05, 0.1) is 5.69 Å². The van der Waals surface area contributed by atoms with E-state index >= 15 is 0 Å². The molecule has 13 heteroatoms. The minimum Gasteiger partial charge on any atom is -0.406 e. The van der Waals surface area contributed by atoms with Crippen LogP contribution < -0.4 is 32.9 Å². The maximum Gasteiger partial charge on any atom is 0.573 e. The lowest BCUT2D eigenvalue weighted by Crippen LogP contribution is -2.24. The Hall–Kier alpha value is -4.36. The molecule has 0 radical (unpaired) electrons. The van der Waals surface area contributed by atoms with E-state index in [2.05, 4.69) is 58.8 Å². The fourth-order valence-electron chi connectivity index (χ4n) is 5.29. The molecule has 0 fully saturated rings. The standard InChI is InChI=1S/C22H31N7O.C16H24F3NO/c1-14(25-10-5-11-26-20(23)24)15-6-8-17(9-7-15)29-13-16-12-18(22(2,3)4)27-19(16)28-21(29)30;1-11(20)6-5-7-12-8-13(15(2,3)4)10-14(9-12)21-16(17,18)19/h6-9,12-14,25H,5,10-11H2,1-4H3,(H4,23,24,26)(H,27,28,30);8-11H,5-7,20H2,1-4H3/t14-;11-/m00/s1. The highest BCUT2D eigenvalue weighted by atomic mass is 19.4. The predicted molar refractivity (Wildman–Crippen MR) is 201 cm³/mol. The minimum absolute atomic E-state index is 0.0390. The van der Waals surface area contributed by atoms with Gasteiger partial charge in [0.15, 0.2) is 5.96 Å². The second-order valence-electron chi connectivity index (χ2n) is 15.1. The van der Waals surface area contributed by atoms with Gasteiger partial charge in [-0.2, -0.15) is 4.98 Å². The molecule has 280 valence electrons. The summed E-state index contributed by atoms with van der Waals surface area (Å²) in [5.74, 6) is -0.0263. The number of hydrogen-bond donors (Lipinski definition) is 5. The third-order valence-electron chi connectivity index (χ3n) is 8.26. The molecule has 0 saturated heterocycles. The third kappa shape index (κ3) is 13.4. The van der Waals surface area contributed by atoms with Crippen molar-refractivity contribution in [2.45, 2.75) is 110 Å². The number of benzene rings is 2. The molecular weight excluding hydrogens is 657 g/mol. The summed E-state index contributed by atoms with van der Waals surface area (Å²) in [4.78, 5) is 24.0. The summed E-state index contributed by atoms with van der Waals surface area (Å²) in [7, 11) is 0. The van der Waals surface area contributed by atoms with Gasteiger partial charge in [-0.3, -0.25) is 9.56 Å². The lowest BCUT2D eigenvalue weighted by Gasteiger charge is -2.22. The molecule has 0 amide bonds. The lowest BCUT2D eigenvalue weighted by molar-refractivity contribution is -0.274. The van der Waals surface area contributed by atoms with Crippen LogP contribution in [0.15, 0.2) is 64.5 Å². The van der Waals surface area contributed by atoms with Gasteiger partial charge in [-0.1, -0.05) is 59.7 Å². The molecular formula is C38H55F3N8O2. The van der Waals surface area contributed by atoms with Gasteiger partial charge in [0.2, 0.25) is 0 Å². The van der Waals surface area contributed by atoms with Crippen LogP contribution in [-0.2, 0) is 17.3 Å². The molecule has 10 nitrogen and oxygen atoms in total. The Morgan fingerprint density at radius 3 is 2.22 bits per heavy atom. The van der Waals surface area contributed by atoms with Gasteiger partial charge in [0, 0.05) is 41.3 Å². The molecule has 0 unspecified atom stereocenters. The highest BCUT2D eigenvalue weighted by Crippen LogP contribution is 2.31. The van der Waals surface area contributed by atoms with Gasteiger partial charge in [-0.05, 0) is 98.5 Å². The Labute approximate surface area is 299 Å². The Morgan fingerprint density at radius 1 is 0.980 bits per heavy atom. The first kappa shape index (κ1) is 41.1. The van der Waals surface area contributed by atoms with E-state index in [9.17, 15) is 18.0 Å². The van der Waals surface area contributed by atoms with E-state index in [1.807, 2.05) is 64.2 Å². The summed E-state index contributed by atoms with van der Waals surface area (Å²) in [5, 5.41) is 4.36. The minimum atomic E-state index is -4.67. The largest absolute Gasteiger partial charge is 0.573 e. The zero-order chi connectivity index (χ0) is 38.1. The second-order valence-corrected chi connectivity index (χ2v) is 15.1. The predicted octanol–water partition coefficient (Wildman–Crippen LogP) is 6.88. The first-order valence-corrected chi connectivity index (χ1v) is 17.3. The molecule has 2 aromatic carbocycles. The Morgan fingerprint density at radius 2 is 1.65 bits per heavy atom. The van der Waals surface area contributed by atoms with Crippen molar-refractivity contribution in [1.29, 1.82) is 0 Å². The van der Waals surface area contributed by atoms with Crippen LogP contribution in [0.3, 0.4) is 0 Å². The number of hydrogen-bond acceptors (Lipinski definition) is 6. The van der Waals surface area contributed by atoms with Gasteiger partial charge >= 0.3 is 12.1 Å². The molecule has 2 atom stereocenters. The summed E-state index contributed by atoms with van der Waals surface area (Å²) in [6.07, 6.45) is 0.413. The van der Waals surface area contributed by atoms with E-state index in [4.69, 9.17) is 17.2 Å². The number of nitrogens with zero attached hydrogens (tertiary/aromatic N) is 3. The van der Waals surface area contributed by atoms with Crippen molar-refractivity contribution in [1.82, 2.24) is 19.9 Å². The van der Waals surface area contributed by atoms with Crippen molar-refractivity contribution >= 4 is 17.0 Å². The molecule has 0 bridgehead atoms. The SMILES string of the molecule is C[C@H](N)CCCc1cc(OC(F)(F)F)cc(C(C)(C)C)c1.C[C@H](NCCCN=C(N)N)c1ccc(-n2cc3cc(C(C)(C)C)[nH]c3nc2=O)cc1. The number of ether oxygens (including phenoxy) is 1. The summed E-state index contributed by atoms with van der Waals surface area (Å²) < 4.78 is 42.9. The van der Waals surface area contributed by atoms with E-state index in [-0.39, 0.29) is 40.3 Å². The first-order chi connectivity index (χ1) is 23.6. The van der Waals surface area contributed by atoms with Crippen LogP contribution in [0.1, 0.15) is 103 Å². The normalized spacial score (nSPS) is 13.3. The van der Waals surface area contributed by atoms with Crippen LogP contribution in [0.25, 0.3) is 16.7 Å². The van der Waals surface area contributed by atoms with E-state index in [1.54, 1.807) is 4.57 Å². The molecule has 0 spiro atoms. The van der Waals surface area contributed by atoms with Gasteiger partial charge in [0.1, 0.15) is 11.4 Å². The number of fused-ring (bicyclic) bond motifs is 1. The number of aromatic nitrogens is 3. The quantitative estimate of drug-likeness (QED) is 0.0608. The average Bonchev–Trinajstić information content (AvgIpc) is 3.43. The molecule has 51 heavy (non-hydrogen) atoms. The van der Waals surface area contributed by atoms with E-state index in [0.29, 0.717) is 18.6 Å². The number of alkyl halides is 3. The van der Waals surface area contributed by atoms with Crippen molar-refractivity contribution in [2.75, 3.05) is 13.1 Å². The van der Waals surface area contributed by atoms with E-state index < -0.39 is 6.36 Å². The number of nitrogens with two attached hydrogens (primary N) is 3. The zero-order valence-corrected chi connectivity index (χ0v) is 31.1. The highest BCUT2D eigenvalue weighted by molar-refractivity contribution is 5.76. The first-order valence-electron chi connectivity index (χ1n) is 17.3. The number of rotatable bonds is 12. The molecule has 2 aromatic heterocycles. The molecule has 4 aromatic rings. The molecule has 2 heterocycles. The molecule has 8 N–H and O–H groups in total. The molecule has 4 rings (SSSR count). The molecule has 0 aliphatic heterocycles. The van der Waals surface area contributed by atoms with E-state index in [0.717, 1.165) is 59.3 Å². The maximum atomic E-state index is 12.6. The average molecular weight is 713 g/mol. The molecule has 0 saturated carbocycles. The Bertz CT molecular complexity index is 1790. The number of guanidine groups is 1. The fraction of sp³-hybridized carbons (Fsp3) is 0.500. The number of aliphatic imine (C=N–C) groups is 1. The van der Waals surface area contributed by atoms with Crippen LogP contribution in [-0.4, -0.2) is 46.0 Å². The summed E-state index contributed by atoms with van der Waals surface area (Å²) >= 11 is 0. The van der Waals surface area contributed by atoms with Gasteiger partial charge in [-0.25, -0.2) is 4.79 Å².